The fourth-order valence-electron chi connectivity index (χ4n) is 4.09. The smallest absolute Gasteiger partial charge is 0.225 e. The van der Waals surface area contributed by atoms with Gasteiger partial charge in [0, 0.05) is 49.0 Å². The molecule has 2 amide bonds. The van der Waals surface area contributed by atoms with Crippen LogP contribution in [-0.4, -0.2) is 42.9 Å². The molecule has 2 aliphatic rings. The van der Waals surface area contributed by atoms with Crippen molar-refractivity contribution in [3.63, 3.8) is 0 Å². The first-order chi connectivity index (χ1) is 12.0. The number of carbonyl (C=O) groups excluding carboxylic acids is 2. The molecular formula is C19H27Cl2N3O2. The molecule has 0 atom stereocenters. The number of nitrogens with zero attached hydrogens (tertiary/aromatic N) is 1. The number of hydrogen-bond acceptors (Lipinski definition) is 3. The molecule has 7 heteroatoms. The van der Waals surface area contributed by atoms with E-state index in [4.69, 9.17) is 17.3 Å². The van der Waals surface area contributed by atoms with Gasteiger partial charge >= 0.3 is 0 Å². The molecule has 3 N–H and O–H groups in total. The van der Waals surface area contributed by atoms with Crippen molar-refractivity contribution in [1.29, 1.82) is 0 Å². The molecule has 144 valence electrons. The molecule has 26 heavy (non-hydrogen) atoms. The average Bonchev–Trinajstić information content (AvgIpc) is 2.86. The van der Waals surface area contributed by atoms with Crippen LogP contribution in [0.5, 0.6) is 0 Å². The lowest BCUT2D eigenvalue weighted by molar-refractivity contribution is -0.136. The summed E-state index contributed by atoms with van der Waals surface area (Å²) in [6.07, 6.45) is 3.85. The van der Waals surface area contributed by atoms with Gasteiger partial charge < -0.3 is 16.0 Å². The van der Waals surface area contributed by atoms with Gasteiger partial charge in [-0.05, 0) is 43.4 Å². The molecule has 5 nitrogen and oxygen atoms in total. The van der Waals surface area contributed by atoms with Crippen LogP contribution >= 0.6 is 24.0 Å². The van der Waals surface area contributed by atoms with Crippen LogP contribution in [0.3, 0.4) is 0 Å². The van der Waals surface area contributed by atoms with Gasteiger partial charge in [0.25, 0.3) is 0 Å². The predicted molar refractivity (Wildman–Crippen MR) is 106 cm³/mol. The first-order valence-corrected chi connectivity index (χ1v) is 9.43. The van der Waals surface area contributed by atoms with Gasteiger partial charge in [-0.25, -0.2) is 0 Å². The molecule has 0 unspecified atom stereocenters. The zero-order valence-electron chi connectivity index (χ0n) is 14.9. The number of hydrogen-bond donors (Lipinski definition) is 2. The minimum absolute atomic E-state index is 0. The Balaban J connectivity index is 0.00000243. The third-order valence-corrected chi connectivity index (χ3v) is 5.98. The van der Waals surface area contributed by atoms with Crippen LogP contribution in [0.25, 0.3) is 0 Å². The normalized spacial score (nSPS) is 26.5. The van der Waals surface area contributed by atoms with Gasteiger partial charge in [0.15, 0.2) is 0 Å². The lowest BCUT2D eigenvalue weighted by atomic mass is 9.66. The van der Waals surface area contributed by atoms with Gasteiger partial charge in [0.2, 0.25) is 11.8 Å². The van der Waals surface area contributed by atoms with Crippen LogP contribution in [0.15, 0.2) is 24.3 Å². The number of amides is 2. The first-order valence-electron chi connectivity index (χ1n) is 9.06. The van der Waals surface area contributed by atoms with E-state index < -0.39 is 0 Å². The molecule has 0 radical (unpaired) electrons. The molecule has 1 aliphatic carbocycles. The summed E-state index contributed by atoms with van der Waals surface area (Å²) < 4.78 is 0. The Kier molecular flexibility index (Phi) is 7.33. The van der Waals surface area contributed by atoms with Gasteiger partial charge in [0.05, 0.1) is 0 Å². The lowest BCUT2D eigenvalue weighted by Crippen LogP contribution is -2.44. The molecule has 1 aromatic carbocycles. The Hall–Kier alpha value is -1.30. The van der Waals surface area contributed by atoms with E-state index in [2.05, 4.69) is 11.4 Å². The molecule has 1 saturated carbocycles. The van der Waals surface area contributed by atoms with Crippen LogP contribution in [0.2, 0.25) is 5.02 Å². The van der Waals surface area contributed by atoms with Crippen molar-refractivity contribution in [3.8, 4) is 0 Å². The van der Waals surface area contributed by atoms with Crippen molar-refractivity contribution >= 4 is 35.8 Å². The van der Waals surface area contributed by atoms with E-state index in [9.17, 15) is 9.59 Å². The topological polar surface area (TPSA) is 75.4 Å². The highest BCUT2D eigenvalue weighted by atomic mass is 35.5. The van der Waals surface area contributed by atoms with Gasteiger partial charge in [0.1, 0.15) is 0 Å². The molecular weight excluding hydrogens is 373 g/mol. The van der Waals surface area contributed by atoms with Crippen LogP contribution in [0.1, 0.15) is 37.7 Å². The van der Waals surface area contributed by atoms with Gasteiger partial charge in [-0.3, -0.25) is 9.59 Å². The summed E-state index contributed by atoms with van der Waals surface area (Å²) in [4.78, 5) is 26.1. The van der Waals surface area contributed by atoms with Crippen LogP contribution in [0, 0.1) is 5.92 Å². The quantitative estimate of drug-likeness (QED) is 0.819. The molecule has 0 bridgehead atoms. The summed E-state index contributed by atoms with van der Waals surface area (Å²) in [5.74, 6) is 0.252. The highest BCUT2D eigenvalue weighted by molar-refractivity contribution is 6.30. The van der Waals surface area contributed by atoms with E-state index in [0.29, 0.717) is 32.6 Å². The van der Waals surface area contributed by atoms with Gasteiger partial charge in [-0.2, -0.15) is 0 Å². The Morgan fingerprint density at radius 2 is 2.04 bits per heavy atom. The molecule has 1 aromatic rings. The van der Waals surface area contributed by atoms with E-state index in [-0.39, 0.29) is 35.6 Å². The minimum atomic E-state index is -0.0853. The highest BCUT2D eigenvalue weighted by Crippen LogP contribution is 2.42. The largest absolute Gasteiger partial charge is 0.354 e. The van der Waals surface area contributed by atoms with Crippen molar-refractivity contribution in [2.75, 3.05) is 26.2 Å². The molecule has 1 aliphatic heterocycles. The maximum Gasteiger partial charge on any atom is 0.225 e. The van der Waals surface area contributed by atoms with Crippen molar-refractivity contribution < 1.29 is 9.59 Å². The third kappa shape index (κ3) is 4.51. The van der Waals surface area contributed by atoms with Gasteiger partial charge in [-0.15, -0.1) is 12.4 Å². The second kappa shape index (κ2) is 9.07. The van der Waals surface area contributed by atoms with Crippen molar-refractivity contribution in [2.45, 2.75) is 37.5 Å². The van der Waals surface area contributed by atoms with Crippen LogP contribution in [-0.2, 0) is 15.0 Å². The fourth-order valence-corrected chi connectivity index (χ4v) is 4.28. The lowest BCUT2D eigenvalue weighted by Gasteiger charge is -2.40. The summed E-state index contributed by atoms with van der Waals surface area (Å²) in [5.41, 5.74) is 7.23. The second-order valence-corrected chi connectivity index (χ2v) is 7.63. The van der Waals surface area contributed by atoms with E-state index in [1.807, 2.05) is 23.1 Å². The maximum atomic E-state index is 12.8. The monoisotopic (exact) mass is 399 g/mol. The summed E-state index contributed by atoms with van der Waals surface area (Å²) in [5, 5.41) is 3.55. The summed E-state index contributed by atoms with van der Waals surface area (Å²) in [6.45, 7) is 2.25. The Morgan fingerprint density at radius 1 is 1.31 bits per heavy atom. The second-order valence-electron chi connectivity index (χ2n) is 7.19. The number of benzene rings is 1. The average molecular weight is 400 g/mol. The van der Waals surface area contributed by atoms with Crippen molar-refractivity contribution in [3.05, 3.63) is 34.9 Å². The van der Waals surface area contributed by atoms with Crippen molar-refractivity contribution in [1.82, 2.24) is 10.2 Å². The number of nitrogens with one attached hydrogen (secondary N) is 1. The van der Waals surface area contributed by atoms with Crippen molar-refractivity contribution in [2.24, 2.45) is 11.7 Å². The van der Waals surface area contributed by atoms with Gasteiger partial charge in [-0.1, -0.05) is 23.7 Å². The maximum absolute atomic E-state index is 12.8. The molecule has 2 fully saturated rings. The minimum Gasteiger partial charge on any atom is -0.354 e. The highest BCUT2D eigenvalue weighted by Gasteiger charge is 2.39. The number of nitrogens with two attached hydrogens (primary N) is 1. The Bertz CT molecular complexity index is 645. The molecule has 3 rings (SSSR count). The predicted octanol–water partition coefficient (Wildman–Crippen LogP) is 2.50. The zero-order chi connectivity index (χ0) is 17.9. The van der Waals surface area contributed by atoms with E-state index in [0.717, 1.165) is 30.7 Å². The van der Waals surface area contributed by atoms with Crippen LogP contribution in [0.4, 0.5) is 0 Å². The van der Waals surface area contributed by atoms with E-state index >= 15 is 0 Å². The van der Waals surface area contributed by atoms with E-state index in [1.165, 1.54) is 5.56 Å². The molecule has 1 saturated heterocycles. The molecule has 1 heterocycles. The number of carbonyl (C=O) groups is 2. The first kappa shape index (κ1) is 21.0. The van der Waals surface area contributed by atoms with Crippen LogP contribution < -0.4 is 11.1 Å². The standard InChI is InChI=1S/C19H26ClN3O2.ClH/c20-16-3-1-2-15(12-16)19(13-21)7-4-14(5-8-19)18(25)23-10-6-17(24)22-9-11-23;/h1-3,12,14H,4-11,13,21H2,(H,22,24);1H/t14-,19+;. The molecule has 0 aromatic heterocycles. The Morgan fingerprint density at radius 3 is 2.69 bits per heavy atom. The summed E-state index contributed by atoms with van der Waals surface area (Å²) >= 11 is 6.16. The Labute approximate surface area is 166 Å². The summed E-state index contributed by atoms with van der Waals surface area (Å²) in [7, 11) is 0. The van der Waals surface area contributed by atoms with E-state index in [1.54, 1.807) is 0 Å². The molecule has 0 spiro atoms. The summed E-state index contributed by atoms with van der Waals surface area (Å²) in [6, 6.07) is 7.93. The zero-order valence-corrected chi connectivity index (χ0v) is 16.5. The fraction of sp³-hybridized carbons (Fsp3) is 0.579. The number of halogens is 2. The third-order valence-electron chi connectivity index (χ3n) is 5.74. The number of rotatable bonds is 3. The SMILES string of the molecule is Cl.NC[C@]1(c2cccc(Cl)c2)CC[C@@H](C(=O)N2CCNC(=O)CC2)CC1.